The van der Waals surface area contributed by atoms with E-state index in [1.807, 2.05) is 0 Å². The molecule has 0 unspecified atom stereocenters. The fourth-order valence-corrected chi connectivity index (χ4v) is 3.49. The van der Waals surface area contributed by atoms with Crippen molar-refractivity contribution in [1.29, 1.82) is 0 Å². The van der Waals surface area contributed by atoms with Crippen LogP contribution in [-0.2, 0) is 11.2 Å². The molecule has 0 fully saturated rings. The molecule has 38 heavy (non-hydrogen) atoms. The Morgan fingerprint density at radius 3 is 2.13 bits per heavy atom. The number of amides is 3. The van der Waals surface area contributed by atoms with Gasteiger partial charge < -0.3 is 9.15 Å². The van der Waals surface area contributed by atoms with Gasteiger partial charge in [0.1, 0.15) is 11.5 Å². The van der Waals surface area contributed by atoms with Gasteiger partial charge in [-0.2, -0.15) is 35.8 Å². The Balaban J connectivity index is 1.75. The van der Waals surface area contributed by atoms with Crippen LogP contribution in [0, 0.1) is 6.92 Å². The second kappa shape index (κ2) is 10.3. The second-order valence-corrected chi connectivity index (χ2v) is 7.99. The molecule has 3 amide bonds. The van der Waals surface area contributed by atoms with E-state index >= 15 is 0 Å². The van der Waals surface area contributed by atoms with Crippen LogP contribution in [-0.4, -0.2) is 48.6 Å². The zero-order chi connectivity index (χ0) is 28.5. The summed E-state index contributed by atoms with van der Waals surface area (Å²) in [6.07, 6.45) is -6.20. The number of carbonyl (C=O) groups is 3. The van der Waals surface area contributed by atoms with Gasteiger partial charge in [-0.3, -0.25) is 25.2 Å². The topological polar surface area (TPSA) is 122 Å². The maximum absolute atomic E-state index is 13.6. The summed E-state index contributed by atoms with van der Waals surface area (Å²) in [6.45, 7) is 1.36. The highest BCUT2D eigenvalue weighted by molar-refractivity contribution is 6.07. The summed E-state index contributed by atoms with van der Waals surface area (Å²) in [4.78, 5) is 36.4. The standard InChI is InChI=1S/C22H19F7N4O5/c1-10-15-13(30-33-19(36)20(23,24)21(25,26)22(27,28)29)4-3-5-14(15)38-16(10)18(35)32-31-17(34)11-6-8-12(37-2)9-7-11/h6-9H,3-5H2,1-2H3,(H,31,34)(H,32,35)(H,33,36)/b30-13+. The number of furan rings is 1. The molecule has 0 bridgehead atoms. The molecule has 3 rings (SSSR count). The van der Waals surface area contributed by atoms with Crippen molar-refractivity contribution in [2.45, 2.75) is 44.2 Å². The number of nitrogens with one attached hydrogen (secondary N) is 3. The van der Waals surface area contributed by atoms with E-state index in [2.05, 4.69) is 16.0 Å². The third kappa shape index (κ3) is 5.28. The number of alkyl halides is 7. The summed E-state index contributed by atoms with van der Waals surface area (Å²) in [5.74, 6) is -17.1. The molecule has 3 N–H and O–H groups in total. The fourth-order valence-electron chi connectivity index (χ4n) is 3.49. The Kier molecular flexibility index (Phi) is 7.74. The van der Waals surface area contributed by atoms with Gasteiger partial charge in [-0.25, -0.2) is 5.43 Å². The Morgan fingerprint density at radius 2 is 1.55 bits per heavy atom. The van der Waals surface area contributed by atoms with Crippen LogP contribution in [0.4, 0.5) is 30.7 Å². The Bertz CT molecular complexity index is 1270. The van der Waals surface area contributed by atoms with Crippen molar-refractivity contribution in [2.24, 2.45) is 5.10 Å². The summed E-state index contributed by atoms with van der Waals surface area (Å²) in [5.41, 5.74) is 5.51. The molecular formula is C22H19F7N4O5. The maximum Gasteiger partial charge on any atom is 0.460 e. The number of methoxy groups -OCH3 is 1. The van der Waals surface area contributed by atoms with Crippen LogP contribution >= 0.6 is 0 Å². The third-order valence-electron chi connectivity index (χ3n) is 5.50. The van der Waals surface area contributed by atoms with E-state index in [4.69, 9.17) is 9.15 Å². The summed E-state index contributed by atoms with van der Waals surface area (Å²) in [6, 6.07) is 5.90. The molecule has 0 saturated heterocycles. The lowest BCUT2D eigenvalue weighted by atomic mass is 9.93. The van der Waals surface area contributed by atoms with Crippen LogP contribution in [0.3, 0.4) is 0 Å². The highest BCUT2D eigenvalue weighted by atomic mass is 19.4. The van der Waals surface area contributed by atoms with Gasteiger partial charge in [0.25, 0.3) is 5.91 Å². The van der Waals surface area contributed by atoms with Gasteiger partial charge in [-0.05, 0) is 44.0 Å². The van der Waals surface area contributed by atoms with Crippen LogP contribution in [0.5, 0.6) is 5.75 Å². The lowest BCUT2D eigenvalue weighted by Gasteiger charge is -2.26. The number of carbonyl (C=O) groups excluding carboxylic acids is 3. The number of aryl methyl sites for hydroxylation is 1. The molecule has 0 radical (unpaired) electrons. The molecule has 1 heterocycles. The zero-order valence-electron chi connectivity index (χ0n) is 19.6. The predicted octanol–water partition coefficient (Wildman–Crippen LogP) is 3.66. The number of ether oxygens (including phenoxy) is 1. The monoisotopic (exact) mass is 552 g/mol. The average Bonchev–Trinajstić information content (AvgIpc) is 3.21. The molecule has 0 atom stereocenters. The number of rotatable bonds is 6. The Hall–Kier alpha value is -4.11. The number of hydrogen-bond donors (Lipinski definition) is 3. The average molecular weight is 552 g/mol. The molecule has 0 saturated carbocycles. The number of hydrazone groups is 1. The first-order valence-corrected chi connectivity index (χ1v) is 10.7. The maximum atomic E-state index is 13.6. The van der Waals surface area contributed by atoms with E-state index in [0.717, 1.165) is 5.43 Å². The minimum Gasteiger partial charge on any atom is -0.497 e. The largest absolute Gasteiger partial charge is 0.497 e. The fraction of sp³-hybridized carbons (Fsp3) is 0.364. The molecule has 2 aromatic rings. The van der Waals surface area contributed by atoms with Crippen molar-refractivity contribution >= 4 is 23.4 Å². The Morgan fingerprint density at radius 1 is 0.947 bits per heavy atom. The van der Waals surface area contributed by atoms with Crippen LogP contribution in [0.25, 0.3) is 0 Å². The first-order valence-electron chi connectivity index (χ1n) is 10.7. The molecule has 1 aromatic carbocycles. The summed E-state index contributed by atoms with van der Waals surface area (Å²) >= 11 is 0. The molecule has 9 nitrogen and oxygen atoms in total. The number of fused-ring (bicyclic) bond motifs is 1. The number of hydrogen-bond acceptors (Lipinski definition) is 6. The lowest BCUT2D eigenvalue weighted by Crippen LogP contribution is -2.58. The third-order valence-corrected chi connectivity index (χ3v) is 5.50. The normalized spacial score (nSPS) is 15.0. The van der Waals surface area contributed by atoms with Crippen molar-refractivity contribution in [3.63, 3.8) is 0 Å². The molecule has 206 valence electrons. The molecule has 0 spiro atoms. The molecule has 1 aliphatic rings. The SMILES string of the molecule is COc1ccc(C(=O)NNC(=O)c2oc3c(c2C)/C(=N/NC(=O)C(F)(F)C(F)(F)C(F)(F)F)CCC3)cc1. The smallest absolute Gasteiger partial charge is 0.460 e. The van der Waals surface area contributed by atoms with Crippen molar-refractivity contribution in [2.75, 3.05) is 7.11 Å². The molecule has 1 aromatic heterocycles. The number of benzene rings is 1. The Labute approximate surface area is 209 Å². The molecular weight excluding hydrogens is 533 g/mol. The lowest BCUT2D eigenvalue weighted by molar-refractivity contribution is -0.344. The summed E-state index contributed by atoms with van der Waals surface area (Å²) < 4.78 is 101. The van der Waals surface area contributed by atoms with E-state index in [1.165, 1.54) is 38.3 Å². The van der Waals surface area contributed by atoms with Crippen molar-refractivity contribution < 1.29 is 54.3 Å². The van der Waals surface area contributed by atoms with E-state index in [1.54, 1.807) is 0 Å². The van der Waals surface area contributed by atoms with Gasteiger partial charge >= 0.3 is 29.8 Å². The van der Waals surface area contributed by atoms with Gasteiger partial charge in [0.15, 0.2) is 5.76 Å². The van der Waals surface area contributed by atoms with Gasteiger partial charge in [0.05, 0.1) is 12.8 Å². The van der Waals surface area contributed by atoms with E-state index in [9.17, 15) is 45.1 Å². The highest BCUT2D eigenvalue weighted by Crippen LogP contribution is 2.46. The van der Waals surface area contributed by atoms with E-state index in [0.29, 0.717) is 5.75 Å². The van der Waals surface area contributed by atoms with Crippen LogP contribution < -0.4 is 21.0 Å². The quantitative estimate of drug-likeness (QED) is 0.373. The molecule has 1 aliphatic carbocycles. The van der Waals surface area contributed by atoms with Crippen molar-refractivity contribution in [3.05, 3.63) is 52.5 Å². The van der Waals surface area contributed by atoms with Gasteiger partial charge in [0.2, 0.25) is 0 Å². The highest BCUT2D eigenvalue weighted by Gasteiger charge is 2.76. The van der Waals surface area contributed by atoms with Crippen LogP contribution in [0.2, 0.25) is 0 Å². The van der Waals surface area contributed by atoms with E-state index in [-0.39, 0.29) is 53.2 Å². The molecule has 0 aliphatic heterocycles. The number of halogens is 7. The number of hydrazine groups is 1. The number of nitrogens with zero attached hydrogens (tertiary/aromatic N) is 1. The van der Waals surface area contributed by atoms with Gasteiger partial charge in [-0.1, -0.05) is 0 Å². The van der Waals surface area contributed by atoms with Crippen molar-refractivity contribution in [1.82, 2.24) is 16.3 Å². The zero-order valence-corrected chi connectivity index (χ0v) is 19.6. The van der Waals surface area contributed by atoms with Gasteiger partial charge in [-0.15, -0.1) is 0 Å². The van der Waals surface area contributed by atoms with Crippen LogP contribution in [0.15, 0.2) is 33.8 Å². The first-order chi connectivity index (χ1) is 17.6. The predicted molar refractivity (Wildman–Crippen MR) is 115 cm³/mol. The van der Waals surface area contributed by atoms with Crippen LogP contribution in [0.1, 0.15) is 50.6 Å². The van der Waals surface area contributed by atoms with Crippen molar-refractivity contribution in [3.8, 4) is 5.75 Å². The summed E-state index contributed by atoms with van der Waals surface area (Å²) in [5, 5.41) is 3.31. The minimum atomic E-state index is -6.69. The van der Waals surface area contributed by atoms with Gasteiger partial charge in [0, 0.05) is 23.1 Å². The minimum absolute atomic E-state index is 0.00977. The second-order valence-electron chi connectivity index (χ2n) is 7.99. The van der Waals surface area contributed by atoms with E-state index < -0.39 is 35.7 Å². The molecule has 16 heteroatoms. The first kappa shape index (κ1) is 28.5. The summed E-state index contributed by atoms with van der Waals surface area (Å²) in [7, 11) is 1.44.